The van der Waals surface area contributed by atoms with Crippen LogP contribution in [0.2, 0.25) is 0 Å². The third-order valence-corrected chi connectivity index (χ3v) is 4.22. The van der Waals surface area contributed by atoms with E-state index in [0.717, 1.165) is 28.4 Å². The fourth-order valence-electron chi connectivity index (χ4n) is 2.66. The first-order chi connectivity index (χ1) is 12.2. The molecule has 3 rings (SSSR count). The molecule has 0 fully saturated rings. The standard InChI is InChI=1S/C16H17ClF2N6O/c1-4-24-10(3)11(8-21-24)7-20-15(26)12-6-14-22-9(2)5-13(16(17,18)19)25(14)23-12/h5-6,8H,4,7H2,1-3H3,(H,20,26). The molecule has 0 radical (unpaired) electrons. The summed E-state index contributed by atoms with van der Waals surface area (Å²) in [6.45, 7) is 6.42. The summed E-state index contributed by atoms with van der Waals surface area (Å²) in [4.78, 5) is 16.5. The number of halogens is 3. The minimum absolute atomic E-state index is 0.0224. The lowest BCUT2D eigenvalue weighted by Gasteiger charge is -2.10. The average molecular weight is 383 g/mol. The molecule has 0 saturated heterocycles. The van der Waals surface area contributed by atoms with Crippen LogP contribution in [0.25, 0.3) is 5.65 Å². The highest BCUT2D eigenvalue weighted by Crippen LogP contribution is 2.32. The maximum Gasteiger partial charge on any atom is 0.364 e. The van der Waals surface area contributed by atoms with Crippen molar-refractivity contribution in [2.75, 3.05) is 0 Å². The molecular formula is C16H17ClF2N6O. The van der Waals surface area contributed by atoms with Crippen molar-refractivity contribution in [3.63, 3.8) is 0 Å². The summed E-state index contributed by atoms with van der Waals surface area (Å²) >= 11 is 5.14. The number of aryl methyl sites for hydroxylation is 2. The molecule has 26 heavy (non-hydrogen) atoms. The van der Waals surface area contributed by atoms with E-state index in [0.29, 0.717) is 5.69 Å². The molecule has 3 aromatic rings. The molecule has 0 saturated carbocycles. The Bertz CT molecular complexity index is 975. The van der Waals surface area contributed by atoms with Gasteiger partial charge in [-0.1, -0.05) is 0 Å². The van der Waals surface area contributed by atoms with E-state index in [-0.39, 0.29) is 17.9 Å². The zero-order chi connectivity index (χ0) is 19.1. The summed E-state index contributed by atoms with van der Waals surface area (Å²) in [7, 11) is 0. The lowest BCUT2D eigenvalue weighted by Crippen LogP contribution is -2.23. The van der Waals surface area contributed by atoms with Crippen LogP contribution in [0.1, 0.15) is 40.1 Å². The van der Waals surface area contributed by atoms with Gasteiger partial charge in [0.2, 0.25) is 0 Å². The highest BCUT2D eigenvalue weighted by atomic mass is 35.5. The van der Waals surface area contributed by atoms with Crippen LogP contribution in [-0.4, -0.2) is 30.3 Å². The van der Waals surface area contributed by atoms with Crippen molar-refractivity contribution in [2.24, 2.45) is 0 Å². The molecule has 3 aromatic heterocycles. The maximum atomic E-state index is 13.6. The van der Waals surface area contributed by atoms with E-state index in [1.165, 1.54) is 6.07 Å². The van der Waals surface area contributed by atoms with E-state index in [9.17, 15) is 13.6 Å². The second kappa shape index (κ2) is 6.64. The predicted molar refractivity (Wildman–Crippen MR) is 91.3 cm³/mol. The Hall–Kier alpha value is -2.55. The lowest BCUT2D eigenvalue weighted by molar-refractivity contribution is 0.0864. The van der Waals surface area contributed by atoms with Crippen molar-refractivity contribution in [3.8, 4) is 0 Å². The van der Waals surface area contributed by atoms with Gasteiger partial charge in [0, 0.05) is 36.1 Å². The van der Waals surface area contributed by atoms with Crippen LogP contribution in [-0.2, 0) is 18.5 Å². The van der Waals surface area contributed by atoms with Crippen LogP contribution >= 0.6 is 11.6 Å². The zero-order valence-electron chi connectivity index (χ0n) is 14.4. The van der Waals surface area contributed by atoms with Gasteiger partial charge in [-0.15, -0.1) is 0 Å². The zero-order valence-corrected chi connectivity index (χ0v) is 15.2. The topological polar surface area (TPSA) is 77.1 Å². The number of alkyl halides is 3. The summed E-state index contributed by atoms with van der Waals surface area (Å²) < 4.78 is 29.9. The monoisotopic (exact) mass is 382 g/mol. The van der Waals surface area contributed by atoms with Gasteiger partial charge < -0.3 is 5.32 Å². The Morgan fingerprint density at radius 3 is 2.69 bits per heavy atom. The minimum atomic E-state index is -3.63. The Kier molecular flexibility index (Phi) is 4.66. The van der Waals surface area contributed by atoms with Gasteiger partial charge in [-0.3, -0.25) is 9.48 Å². The van der Waals surface area contributed by atoms with Crippen molar-refractivity contribution >= 4 is 23.2 Å². The molecule has 0 spiro atoms. The lowest BCUT2D eigenvalue weighted by atomic mass is 10.2. The van der Waals surface area contributed by atoms with Crippen LogP contribution < -0.4 is 5.32 Å². The van der Waals surface area contributed by atoms with Gasteiger partial charge in [0.15, 0.2) is 11.3 Å². The maximum absolute atomic E-state index is 13.6. The Morgan fingerprint density at radius 1 is 1.35 bits per heavy atom. The molecule has 7 nitrogen and oxygen atoms in total. The number of carbonyl (C=O) groups excluding carboxylic acids is 1. The molecule has 1 amide bonds. The highest BCUT2D eigenvalue weighted by Gasteiger charge is 2.32. The minimum Gasteiger partial charge on any atom is -0.346 e. The molecule has 0 atom stereocenters. The van der Waals surface area contributed by atoms with Gasteiger partial charge >= 0.3 is 5.38 Å². The summed E-state index contributed by atoms with van der Waals surface area (Å²) in [5.41, 5.74) is 1.73. The second-order valence-electron chi connectivity index (χ2n) is 5.83. The van der Waals surface area contributed by atoms with E-state index in [2.05, 4.69) is 20.5 Å². The summed E-state index contributed by atoms with van der Waals surface area (Å²) in [5, 5.41) is 7.22. The smallest absolute Gasteiger partial charge is 0.346 e. The van der Waals surface area contributed by atoms with Gasteiger partial charge in [0.05, 0.1) is 6.20 Å². The van der Waals surface area contributed by atoms with E-state index >= 15 is 0 Å². The SMILES string of the molecule is CCn1ncc(CNC(=O)c2cc3nc(C)cc(C(F)(F)Cl)n3n2)c1C. The van der Waals surface area contributed by atoms with Crippen molar-refractivity contribution in [1.82, 2.24) is 29.7 Å². The molecule has 1 N–H and O–H groups in total. The number of nitrogens with zero attached hydrogens (tertiary/aromatic N) is 5. The number of nitrogens with one attached hydrogen (secondary N) is 1. The number of fused-ring (bicyclic) bond motifs is 1. The Balaban J connectivity index is 1.86. The van der Waals surface area contributed by atoms with Gasteiger partial charge in [-0.25, -0.2) is 9.50 Å². The normalized spacial score (nSPS) is 11.9. The first kappa shape index (κ1) is 18.2. The van der Waals surface area contributed by atoms with Crippen LogP contribution in [0.5, 0.6) is 0 Å². The second-order valence-corrected chi connectivity index (χ2v) is 6.31. The van der Waals surface area contributed by atoms with Gasteiger partial charge in [0.25, 0.3) is 5.91 Å². The highest BCUT2D eigenvalue weighted by molar-refractivity contribution is 6.21. The number of amides is 1. The van der Waals surface area contributed by atoms with Crippen molar-refractivity contribution in [1.29, 1.82) is 0 Å². The molecule has 3 heterocycles. The molecule has 0 bridgehead atoms. The van der Waals surface area contributed by atoms with Crippen molar-refractivity contribution in [3.05, 3.63) is 46.7 Å². The number of hydrogen-bond donors (Lipinski definition) is 1. The van der Waals surface area contributed by atoms with E-state index in [1.54, 1.807) is 13.1 Å². The van der Waals surface area contributed by atoms with Crippen LogP contribution in [0.3, 0.4) is 0 Å². The first-order valence-corrected chi connectivity index (χ1v) is 8.32. The average Bonchev–Trinajstić information content (AvgIpc) is 3.14. The molecular weight excluding hydrogens is 366 g/mol. The van der Waals surface area contributed by atoms with Crippen LogP contribution in [0, 0.1) is 13.8 Å². The fraction of sp³-hybridized carbons (Fsp3) is 0.375. The Labute approximate surface area is 153 Å². The van der Waals surface area contributed by atoms with Gasteiger partial charge in [-0.2, -0.15) is 19.0 Å². The van der Waals surface area contributed by atoms with Crippen molar-refractivity contribution in [2.45, 2.75) is 39.2 Å². The number of rotatable bonds is 5. The molecule has 0 unspecified atom stereocenters. The van der Waals surface area contributed by atoms with Gasteiger partial charge in [-0.05, 0) is 38.4 Å². The van der Waals surface area contributed by atoms with Gasteiger partial charge in [0.1, 0.15) is 5.69 Å². The molecule has 0 aliphatic heterocycles. The number of aromatic nitrogens is 5. The molecule has 138 valence electrons. The molecule has 0 aliphatic carbocycles. The third-order valence-electron chi connectivity index (χ3n) is 4.02. The van der Waals surface area contributed by atoms with Crippen LogP contribution in [0.15, 0.2) is 18.3 Å². The van der Waals surface area contributed by atoms with E-state index < -0.39 is 17.0 Å². The third kappa shape index (κ3) is 3.39. The number of carbonyl (C=O) groups is 1. The Morgan fingerprint density at radius 2 is 2.08 bits per heavy atom. The first-order valence-electron chi connectivity index (χ1n) is 7.94. The van der Waals surface area contributed by atoms with Crippen molar-refractivity contribution < 1.29 is 13.6 Å². The number of hydrogen-bond acceptors (Lipinski definition) is 4. The summed E-state index contributed by atoms with van der Waals surface area (Å²) in [6.07, 6.45) is 1.68. The summed E-state index contributed by atoms with van der Waals surface area (Å²) in [5.74, 6) is -0.499. The predicted octanol–water partition coefficient (Wildman–Crippen LogP) is 2.78. The molecule has 0 aliphatic rings. The largest absolute Gasteiger partial charge is 0.364 e. The molecule has 0 aromatic carbocycles. The molecule has 10 heteroatoms. The quantitative estimate of drug-likeness (QED) is 0.688. The summed E-state index contributed by atoms with van der Waals surface area (Å²) in [6, 6.07) is 2.48. The van der Waals surface area contributed by atoms with Crippen LogP contribution in [0.4, 0.5) is 8.78 Å². The van der Waals surface area contributed by atoms with E-state index in [4.69, 9.17) is 11.6 Å². The fourth-order valence-corrected chi connectivity index (χ4v) is 2.79. The van der Waals surface area contributed by atoms with E-state index in [1.807, 2.05) is 18.5 Å².